The highest BCUT2D eigenvalue weighted by Gasteiger charge is 1.83. The van der Waals surface area contributed by atoms with Crippen LogP contribution in [0.4, 0.5) is 0 Å². The summed E-state index contributed by atoms with van der Waals surface area (Å²) < 4.78 is 0. The molecule has 1 atom stereocenters. The van der Waals surface area contributed by atoms with Gasteiger partial charge in [-0.25, -0.2) is 0 Å². The highest BCUT2D eigenvalue weighted by atomic mass is 14.6. The molecule has 6 heavy (non-hydrogen) atoms. The zero-order chi connectivity index (χ0) is 4.99. The molecule has 0 saturated heterocycles. The molecule has 0 aliphatic heterocycles. The first kappa shape index (κ1) is 5.52. The van der Waals surface area contributed by atoms with Gasteiger partial charge < -0.3 is 5.73 Å². The molecular formula is C5H9N. The van der Waals surface area contributed by atoms with Gasteiger partial charge in [0.2, 0.25) is 0 Å². The van der Waals surface area contributed by atoms with E-state index >= 15 is 0 Å². The standard InChI is InChI=1S/C5H9N/c1-3-4-5(2)6/h1,5H,4,6H2,2H3/t5-/m0/s1. The average molecular weight is 83.1 g/mol. The lowest BCUT2D eigenvalue weighted by molar-refractivity contribution is 0.771. The molecule has 1 heteroatoms. The minimum Gasteiger partial charge on any atom is -0.327 e. The quantitative estimate of drug-likeness (QED) is 0.455. The van der Waals surface area contributed by atoms with E-state index in [9.17, 15) is 0 Å². The average Bonchev–Trinajstić information content (AvgIpc) is 1.35. The van der Waals surface area contributed by atoms with E-state index in [0.717, 1.165) is 0 Å². The van der Waals surface area contributed by atoms with Crippen LogP contribution in [0.5, 0.6) is 0 Å². The van der Waals surface area contributed by atoms with Gasteiger partial charge in [-0.3, -0.25) is 0 Å². The molecule has 2 N–H and O–H groups in total. The molecule has 34 valence electrons. The third-order valence-electron chi connectivity index (χ3n) is 0.440. The molecule has 0 aromatic rings. The van der Waals surface area contributed by atoms with Gasteiger partial charge in [-0.2, -0.15) is 0 Å². The predicted molar refractivity (Wildman–Crippen MR) is 27.1 cm³/mol. The van der Waals surface area contributed by atoms with Gasteiger partial charge in [-0.1, -0.05) is 0 Å². The lowest BCUT2D eigenvalue weighted by atomic mass is 10.3. The molecule has 0 spiro atoms. The smallest absolute Gasteiger partial charge is 0.0235 e. The van der Waals surface area contributed by atoms with E-state index in [1.165, 1.54) is 0 Å². The van der Waals surface area contributed by atoms with Gasteiger partial charge in [0.15, 0.2) is 0 Å². The van der Waals surface area contributed by atoms with E-state index < -0.39 is 0 Å². The largest absolute Gasteiger partial charge is 0.327 e. The fourth-order valence-electron chi connectivity index (χ4n) is 0.186. The van der Waals surface area contributed by atoms with Crippen molar-refractivity contribution in [3.8, 4) is 12.3 Å². The number of rotatable bonds is 1. The number of hydrogen-bond donors (Lipinski definition) is 1. The van der Waals surface area contributed by atoms with Gasteiger partial charge in [0, 0.05) is 12.5 Å². The van der Waals surface area contributed by atoms with E-state index in [2.05, 4.69) is 5.92 Å². The normalized spacial score (nSPS) is 12.8. The van der Waals surface area contributed by atoms with Crippen molar-refractivity contribution in [1.82, 2.24) is 0 Å². The first-order chi connectivity index (χ1) is 2.77. The van der Waals surface area contributed by atoms with Gasteiger partial charge >= 0.3 is 0 Å². The number of hydrogen-bond acceptors (Lipinski definition) is 1. The van der Waals surface area contributed by atoms with Crippen molar-refractivity contribution in [1.29, 1.82) is 0 Å². The lowest BCUT2D eigenvalue weighted by Crippen LogP contribution is -2.12. The Bertz CT molecular complexity index is 58.8. The van der Waals surface area contributed by atoms with Crippen LogP contribution < -0.4 is 5.73 Å². The monoisotopic (exact) mass is 83.1 g/mol. The first-order valence-electron chi connectivity index (χ1n) is 1.96. The predicted octanol–water partition coefficient (Wildman–Crippen LogP) is 0.357. The Balaban J connectivity index is 2.88. The maximum absolute atomic E-state index is 5.26. The van der Waals surface area contributed by atoms with E-state index in [1.807, 2.05) is 6.92 Å². The highest BCUT2D eigenvalue weighted by Crippen LogP contribution is 1.77. The summed E-state index contributed by atoms with van der Waals surface area (Å²) in [6.07, 6.45) is 5.58. The van der Waals surface area contributed by atoms with Crippen molar-refractivity contribution >= 4 is 0 Å². The summed E-state index contributed by atoms with van der Waals surface area (Å²) in [5, 5.41) is 0. The van der Waals surface area contributed by atoms with Crippen LogP contribution in [0.2, 0.25) is 0 Å². The van der Waals surface area contributed by atoms with Crippen LogP contribution in [-0.2, 0) is 0 Å². The molecule has 0 bridgehead atoms. The summed E-state index contributed by atoms with van der Waals surface area (Å²) >= 11 is 0. The molecular weight excluding hydrogens is 74.1 g/mol. The van der Waals surface area contributed by atoms with E-state index in [0.29, 0.717) is 6.42 Å². The SMILES string of the molecule is C#CC[C@H](C)N. The summed E-state index contributed by atoms with van der Waals surface area (Å²) in [7, 11) is 0. The van der Waals surface area contributed by atoms with Crippen LogP contribution in [0.25, 0.3) is 0 Å². The van der Waals surface area contributed by atoms with E-state index in [1.54, 1.807) is 0 Å². The minimum absolute atomic E-state index is 0.162. The summed E-state index contributed by atoms with van der Waals surface area (Å²) in [4.78, 5) is 0. The van der Waals surface area contributed by atoms with Gasteiger partial charge in [0.1, 0.15) is 0 Å². The van der Waals surface area contributed by atoms with E-state index in [4.69, 9.17) is 12.2 Å². The van der Waals surface area contributed by atoms with Gasteiger partial charge in [-0.05, 0) is 6.92 Å². The second kappa shape index (κ2) is 2.74. The zero-order valence-electron chi connectivity index (χ0n) is 3.94. The van der Waals surface area contributed by atoms with Crippen LogP contribution in [0.3, 0.4) is 0 Å². The second-order valence-corrected chi connectivity index (χ2v) is 1.39. The fourth-order valence-corrected chi connectivity index (χ4v) is 0.186. The second-order valence-electron chi connectivity index (χ2n) is 1.39. The Hall–Kier alpha value is -0.480. The molecule has 0 radical (unpaired) electrons. The van der Waals surface area contributed by atoms with Crippen LogP contribution in [0, 0.1) is 12.3 Å². The topological polar surface area (TPSA) is 26.0 Å². The first-order valence-corrected chi connectivity index (χ1v) is 1.96. The third-order valence-corrected chi connectivity index (χ3v) is 0.440. The number of nitrogens with two attached hydrogens (primary N) is 1. The summed E-state index contributed by atoms with van der Waals surface area (Å²) in [5.41, 5.74) is 5.26. The molecule has 1 nitrogen and oxygen atoms in total. The van der Waals surface area contributed by atoms with Crippen molar-refractivity contribution in [2.24, 2.45) is 5.73 Å². The summed E-state index contributed by atoms with van der Waals surface area (Å²) in [5.74, 6) is 2.44. The van der Waals surface area contributed by atoms with Crippen LogP contribution in [0.15, 0.2) is 0 Å². The Labute approximate surface area is 38.5 Å². The summed E-state index contributed by atoms with van der Waals surface area (Å²) in [6.45, 7) is 1.89. The van der Waals surface area contributed by atoms with Crippen LogP contribution in [-0.4, -0.2) is 6.04 Å². The molecule has 0 rings (SSSR count). The number of terminal acetylenes is 1. The van der Waals surface area contributed by atoms with Crippen molar-refractivity contribution < 1.29 is 0 Å². The molecule has 0 fully saturated rings. The maximum atomic E-state index is 5.26. The van der Waals surface area contributed by atoms with Crippen molar-refractivity contribution in [2.75, 3.05) is 0 Å². The lowest BCUT2D eigenvalue weighted by Gasteiger charge is -1.91. The molecule has 0 saturated carbocycles. The van der Waals surface area contributed by atoms with Crippen LogP contribution >= 0.6 is 0 Å². The molecule has 0 aliphatic carbocycles. The van der Waals surface area contributed by atoms with Crippen molar-refractivity contribution in [3.05, 3.63) is 0 Å². The highest BCUT2D eigenvalue weighted by molar-refractivity contribution is 4.86. The fraction of sp³-hybridized carbons (Fsp3) is 0.600. The minimum atomic E-state index is 0.162. The van der Waals surface area contributed by atoms with Crippen molar-refractivity contribution in [3.63, 3.8) is 0 Å². The Morgan fingerprint density at radius 2 is 2.50 bits per heavy atom. The van der Waals surface area contributed by atoms with Gasteiger partial charge in [0.05, 0.1) is 0 Å². The third kappa shape index (κ3) is 3.52. The van der Waals surface area contributed by atoms with Crippen LogP contribution in [0.1, 0.15) is 13.3 Å². The van der Waals surface area contributed by atoms with E-state index in [-0.39, 0.29) is 6.04 Å². The molecule has 0 aromatic heterocycles. The molecule has 0 unspecified atom stereocenters. The Kier molecular flexibility index (Phi) is 2.52. The Morgan fingerprint density at radius 3 is 2.50 bits per heavy atom. The maximum Gasteiger partial charge on any atom is 0.0235 e. The molecule has 0 aromatic carbocycles. The van der Waals surface area contributed by atoms with Gasteiger partial charge in [-0.15, -0.1) is 12.3 Å². The molecule has 0 heterocycles. The Morgan fingerprint density at radius 1 is 2.00 bits per heavy atom. The molecule has 0 amide bonds. The van der Waals surface area contributed by atoms with Gasteiger partial charge in [0.25, 0.3) is 0 Å². The molecule has 0 aliphatic rings. The van der Waals surface area contributed by atoms with Crippen molar-refractivity contribution in [2.45, 2.75) is 19.4 Å². The zero-order valence-corrected chi connectivity index (χ0v) is 3.94. The summed E-state index contributed by atoms with van der Waals surface area (Å²) in [6, 6.07) is 0.162.